The van der Waals surface area contributed by atoms with E-state index in [1.807, 2.05) is 0 Å². The van der Waals surface area contributed by atoms with Gasteiger partial charge in [0.1, 0.15) is 11.9 Å². The summed E-state index contributed by atoms with van der Waals surface area (Å²) < 4.78 is 15.6. The molecule has 24 heavy (non-hydrogen) atoms. The molecule has 0 radical (unpaired) electrons. The van der Waals surface area contributed by atoms with E-state index < -0.39 is 0 Å². The van der Waals surface area contributed by atoms with Crippen LogP contribution in [0.15, 0.2) is 34.9 Å². The molecular formula is C17H19N3O4. The molecule has 2 fully saturated rings. The van der Waals surface area contributed by atoms with Crippen molar-refractivity contribution in [3.05, 3.63) is 36.0 Å². The van der Waals surface area contributed by atoms with Crippen molar-refractivity contribution in [2.24, 2.45) is 0 Å². The Kier molecular flexibility index (Phi) is 3.86. The highest BCUT2D eigenvalue weighted by molar-refractivity contribution is 5.94. The number of hydrogen-bond donors (Lipinski definition) is 2. The summed E-state index contributed by atoms with van der Waals surface area (Å²) in [6.45, 7) is 0. The average Bonchev–Trinajstić information content (AvgIpc) is 3.32. The molecule has 2 saturated heterocycles. The highest BCUT2D eigenvalue weighted by atomic mass is 16.7. The van der Waals surface area contributed by atoms with Gasteiger partial charge in [-0.3, -0.25) is 4.79 Å². The fourth-order valence-corrected chi connectivity index (χ4v) is 3.41. The largest absolute Gasteiger partial charge is 0.453 e. The van der Waals surface area contributed by atoms with Crippen LogP contribution in [0.3, 0.4) is 0 Å². The second-order valence-electron chi connectivity index (χ2n) is 6.14. The van der Waals surface area contributed by atoms with Crippen LogP contribution in [0.1, 0.15) is 29.6 Å². The molecule has 0 unspecified atom stereocenters. The summed E-state index contributed by atoms with van der Waals surface area (Å²) in [5.41, 5.74) is 0.611. The number of benzene rings is 1. The van der Waals surface area contributed by atoms with Crippen molar-refractivity contribution < 1.29 is 18.7 Å². The molecule has 2 N–H and O–H groups in total. The lowest BCUT2D eigenvalue weighted by molar-refractivity contribution is 0.0931. The Morgan fingerprint density at radius 1 is 1.33 bits per heavy atom. The van der Waals surface area contributed by atoms with Crippen LogP contribution >= 0.6 is 0 Å². The van der Waals surface area contributed by atoms with Crippen LogP contribution in [0.4, 0.5) is 0 Å². The summed E-state index contributed by atoms with van der Waals surface area (Å²) in [6.07, 6.45) is 4.95. The van der Waals surface area contributed by atoms with Gasteiger partial charge in [-0.15, -0.1) is 0 Å². The Morgan fingerprint density at radius 2 is 2.17 bits per heavy atom. The first-order valence-corrected chi connectivity index (χ1v) is 8.06. The number of amides is 1. The number of methoxy groups -OCH3 is 1. The summed E-state index contributed by atoms with van der Waals surface area (Å²) in [5, 5.41) is 6.64. The first-order valence-electron chi connectivity index (χ1n) is 8.06. The fourth-order valence-electron chi connectivity index (χ4n) is 3.41. The minimum atomic E-state index is -0.0535. The van der Waals surface area contributed by atoms with Gasteiger partial charge in [0, 0.05) is 23.7 Å². The molecule has 3 atom stereocenters. The zero-order valence-corrected chi connectivity index (χ0v) is 13.3. The number of aromatic nitrogens is 1. The Hall–Kier alpha value is -2.54. The minimum Gasteiger partial charge on any atom is -0.453 e. The molecular weight excluding hydrogens is 310 g/mol. The lowest BCUT2D eigenvalue weighted by Crippen LogP contribution is -2.42. The van der Waals surface area contributed by atoms with E-state index in [9.17, 15) is 4.79 Å². The third-order valence-corrected chi connectivity index (χ3v) is 4.59. The molecule has 1 amide bonds. The van der Waals surface area contributed by atoms with Gasteiger partial charge < -0.3 is 24.5 Å². The number of hydrogen-bond acceptors (Lipinski definition) is 6. The van der Waals surface area contributed by atoms with Crippen LogP contribution in [-0.4, -0.2) is 36.1 Å². The normalized spacial score (nSPS) is 24.8. The number of oxazole rings is 1. The van der Waals surface area contributed by atoms with Gasteiger partial charge in [-0.25, -0.2) is 0 Å². The van der Waals surface area contributed by atoms with Crippen molar-refractivity contribution in [1.82, 2.24) is 15.6 Å². The number of fused-ring (bicyclic) bond motifs is 2. The monoisotopic (exact) mass is 329 g/mol. The third-order valence-electron chi connectivity index (χ3n) is 4.59. The maximum Gasteiger partial charge on any atom is 0.396 e. The predicted octanol–water partition coefficient (Wildman–Crippen LogP) is 2.10. The van der Waals surface area contributed by atoms with Crippen LogP contribution in [0.2, 0.25) is 0 Å². The van der Waals surface area contributed by atoms with Crippen LogP contribution in [0.5, 0.6) is 17.8 Å². The molecule has 0 spiro atoms. The highest BCUT2D eigenvalue weighted by Crippen LogP contribution is 2.29. The Labute approximate surface area is 139 Å². The van der Waals surface area contributed by atoms with Crippen molar-refractivity contribution in [2.75, 3.05) is 7.11 Å². The summed E-state index contributed by atoms with van der Waals surface area (Å²) in [5.74, 6) is 0.742. The second-order valence-corrected chi connectivity index (χ2v) is 6.14. The SMILES string of the molecule is COc1ncc(Oc2ccc(C(=O)N[C@@H]3C[C@H]4CC[C@@H]3N4)cc2)o1. The van der Waals surface area contributed by atoms with Crippen molar-refractivity contribution in [2.45, 2.75) is 37.4 Å². The van der Waals surface area contributed by atoms with E-state index >= 15 is 0 Å². The smallest absolute Gasteiger partial charge is 0.396 e. The zero-order chi connectivity index (χ0) is 16.5. The maximum absolute atomic E-state index is 12.4. The first kappa shape index (κ1) is 15.0. The standard InChI is InChI=1S/C17H19N3O4/c1-22-17-18-9-15(24-17)23-12-5-2-10(3-6-12)16(21)20-14-8-11-4-7-13(14)19-11/h2-3,5-6,9,11,13-14,19H,4,7-8H2,1H3,(H,20,21)/t11-,13+,14-/m1/s1. The van der Waals surface area contributed by atoms with Crippen molar-refractivity contribution >= 4 is 5.91 Å². The summed E-state index contributed by atoms with van der Waals surface area (Å²) in [6, 6.07) is 8.13. The van der Waals surface area contributed by atoms with E-state index in [0.29, 0.717) is 23.4 Å². The molecule has 0 aliphatic carbocycles. The number of nitrogens with one attached hydrogen (secondary N) is 2. The molecule has 3 heterocycles. The predicted molar refractivity (Wildman–Crippen MR) is 85.4 cm³/mol. The van der Waals surface area contributed by atoms with E-state index in [-0.39, 0.29) is 24.0 Å². The van der Waals surface area contributed by atoms with E-state index in [1.54, 1.807) is 24.3 Å². The van der Waals surface area contributed by atoms with Crippen molar-refractivity contribution in [3.63, 3.8) is 0 Å². The lowest BCUT2D eigenvalue weighted by Gasteiger charge is -2.21. The Bertz CT molecular complexity index is 728. The summed E-state index contributed by atoms with van der Waals surface area (Å²) in [4.78, 5) is 16.2. The number of carbonyl (C=O) groups is 1. The van der Waals surface area contributed by atoms with E-state index in [1.165, 1.54) is 19.7 Å². The molecule has 2 aromatic rings. The van der Waals surface area contributed by atoms with E-state index in [0.717, 1.165) is 12.8 Å². The van der Waals surface area contributed by atoms with Crippen LogP contribution in [0.25, 0.3) is 0 Å². The molecule has 0 saturated carbocycles. The maximum atomic E-state index is 12.4. The van der Waals surface area contributed by atoms with Gasteiger partial charge in [0.05, 0.1) is 7.11 Å². The molecule has 1 aromatic heterocycles. The number of nitrogens with zero attached hydrogens (tertiary/aromatic N) is 1. The molecule has 7 heteroatoms. The lowest BCUT2D eigenvalue weighted by atomic mass is 9.95. The van der Waals surface area contributed by atoms with Gasteiger partial charge in [0.2, 0.25) is 0 Å². The molecule has 126 valence electrons. The van der Waals surface area contributed by atoms with Gasteiger partial charge in [-0.05, 0) is 43.5 Å². The minimum absolute atomic E-state index is 0.0535. The zero-order valence-electron chi connectivity index (χ0n) is 13.3. The number of rotatable bonds is 5. The quantitative estimate of drug-likeness (QED) is 0.874. The highest BCUT2D eigenvalue weighted by Gasteiger charge is 2.39. The van der Waals surface area contributed by atoms with Crippen molar-refractivity contribution in [3.8, 4) is 17.8 Å². The number of ether oxygens (including phenoxy) is 2. The number of carbonyl (C=O) groups excluding carboxylic acids is 1. The summed E-state index contributed by atoms with van der Waals surface area (Å²) >= 11 is 0. The van der Waals surface area contributed by atoms with Crippen LogP contribution in [-0.2, 0) is 0 Å². The molecule has 2 bridgehead atoms. The molecule has 4 rings (SSSR count). The molecule has 2 aliphatic rings. The van der Waals surface area contributed by atoms with Gasteiger partial charge >= 0.3 is 12.0 Å². The van der Waals surface area contributed by atoms with Crippen LogP contribution in [0, 0.1) is 0 Å². The van der Waals surface area contributed by atoms with Gasteiger partial charge in [-0.1, -0.05) is 0 Å². The van der Waals surface area contributed by atoms with Crippen LogP contribution < -0.4 is 20.1 Å². The fraction of sp³-hybridized carbons (Fsp3) is 0.412. The van der Waals surface area contributed by atoms with Gasteiger partial charge in [0.15, 0.2) is 0 Å². The van der Waals surface area contributed by atoms with Gasteiger partial charge in [0.25, 0.3) is 5.91 Å². The van der Waals surface area contributed by atoms with Crippen molar-refractivity contribution in [1.29, 1.82) is 0 Å². The van der Waals surface area contributed by atoms with E-state index in [4.69, 9.17) is 13.9 Å². The second kappa shape index (κ2) is 6.16. The first-order chi connectivity index (χ1) is 11.7. The average molecular weight is 329 g/mol. The Balaban J connectivity index is 1.37. The Morgan fingerprint density at radius 3 is 2.79 bits per heavy atom. The molecule has 2 aliphatic heterocycles. The topological polar surface area (TPSA) is 85.6 Å². The van der Waals surface area contributed by atoms with Gasteiger partial charge in [-0.2, -0.15) is 4.98 Å². The summed E-state index contributed by atoms with van der Waals surface area (Å²) in [7, 11) is 1.47. The molecule has 7 nitrogen and oxygen atoms in total. The van der Waals surface area contributed by atoms with E-state index in [2.05, 4.69) is 15.6 Å². The molecule has 1 aromatic carbocycles. The third kappa shape index (κ3) is 2.94.